The van der Waals surface area contributed by atoms with Crippen LogP contribution >= 0.6 is 0 Å². The summed E-state index contributed by atoms with van der Waals surface area (Å²) in [5, 5.41) is 7.69. The van der Waals surface area contributed by atoms with Gasteiger partial charge in [0.15, 0.2) is 5.82 Å². The Labute approximate surface area is 122 Å². The van der Waals surface area contributed by atoms with Crippen LogP contribution in [-0.2, 0) is 6.42 Å². The second-order valence-electron chi connectivity index (χ2n) is 6.86. The molecule has 2 heterocycles. The minimum atomic E-state index is 0.291. The number of piperazine rings is 1. The highest BCUT2D eigenvalue weighted by Crippen LogP contribution is 2.24. The number of hydrogen-bond donors (Lipinski definition) is 1. The van der Waals surface area contributed by atoms with E-state index in [1.807, 2.05) is 6.92 Å². The molecule has 1 aliphatic rings. The maximum Gasteiger partial charge on any atom is 0.223 e. The monoisotopic (exact) mass is 280 g/mol. The van der Waals surface area contributed by atoms with E-state index in [0.29, 0.717) is 23.4 Å². The van der Waals surface area contributed by atoms with E-state index in [0.717, 1.165) is 31.9 Å². The highest BCUT2D eigenvalue weighted by atomic mass is 16.5. The molecule has 0 radical (unpaired) electrons. The third-order valence-corrected chi connectivity index (χ3v) is 4.24. The van der Waals surface area contributed by atoms with Gasteiger partial charge in [-0.25, -0.2) is 0 Å². The van der Waals surface area contributed by atoms with Gasteiger partial charge in [0, 0.05) is 45.1 Å². The van der Waals surface area contributed by atoms with E-state index in [4.69, 9.17) is 4.52 Å². The minimum Gasteiger partial charge on any atom is -0.340 e. The van der Waals surface area contributed by atoms with Crippen molar-refractivity contribution in [2.24, 2.45) is 5.41 Å². The van der Waals surface area contributed by atoms with Crippen LogP contribution in [0.2, 0.25) is 0 Å². The number of nitrogens with one attached hydrogen (secondary N) is 1. The topological polar surface area (TPSA) is 54.2 Å². The highest BCUT2D eigenvalue weighted by Gasteiger charge is 2.33. The van der Waals surface area contributed by atoms with Crippen molar-refractivity contribution < 1.29 is 4.52 Å². The van der Waals surface area contributed by atoms with Gasteiger partial charge >= 0.3 is 0 Å². The first-order valence-corrected chi connectivity index (χ1v) is 7.66. The van der Waals surface area contributed by atoms with E-state index in [1.165, 1.54) is 6.42 Å². The Morgan fingerprint density at radius 2 is 2.15 bits per heavy atom. The maximum atomic E-state index is 5.04. The number of nitrogens with zero attached hydrogens (tertiary/aromatic N) is 3. The zero-order valence-electron chi connectivity index (χ0n) is 13.4. The van der Waals surface area contributed by atoms with Crippen LogP contribution in [0.1, 0.15) is 45.8 Å². The summed E-state index contributed by atoms with van der Waals surface area (Å²) in [6.07, 6.45) is 2.04. The standard InChI is InChI=1S/C15H28N4O/c1-6-12-9-16-13(15(3,4)5)10-19(12)8-7-14-17-11(2)20-18-14/h12-13,16H,6-10H2,1-5H3. The SMILES string of the molecule is CCC1CNC(C(C)(C)C)CN1CCc1noc(C)n1. The predicted octanol–water partition coefficient (Wildman–Crippen LogP) is 2.02. The van der Waals surface area contributed by atoms with E-state index >= 15 is 0 Å². The lowest BCUT2D eigenvalue weighted by atomic mass is 9.84. The molecule has 1 aliphatic heterocycles. The summed E-state index contributed by atoms with van der Waals surface area (Å²) in [4.78, 5) is 6.88. The first-order chi connectivity index (χ1) is 9.40. The second-order valence-corrected chi connectivity index (χ2v) is 6.86. The molecule has 1 aromatic heterocycles. The van der Waals surface area contributed by atoms with Crippen molar-refractivity contribution in [3.63, 3.8) is 0 Å². The lowest BCUT2D eigenvalue weighted by Gasteiger charge is -2.44. The smallest absolute Gasteiger partial charge is 0.223 e. The Hall–Kier alpha value is -0.940. The Kier molecular flexibility index (Phi) is 4.81. The molecule has 0 saturated carbocycles. The molecule has 2 rings (SSSR count). The number of aromatic nitrogens is 2. The van der Waals surface area contributed by atoms with Crippen LogP contribution in [-0.4, -0.2) is 46.8 Å². The Morgan fingerprint density at radius 1 is 1.40 bits per heavy atom. The van der Waals surface area contributed by atoms with Crippen LogP contribution in [0.4, 0.5) is 0 Å². The molecule has 1 aromatic rings. The molecule has 1 fully saturated rings. The Balaban J connectivity index is 1.95. The lowest BCUT2D eigenvalue weighted by molar-refractivity contribution is 0.0840. The van der Waals surface area contributed by atoms with Crippen molar-refractivity contribution in [1.82, 2.24) is 20.4 Å². The first-order valence-electron chi connectivity index (χ1n) is 7.66. The van der Waals surface area contributed by atoms with Crippen molar-refractivity contribution in [3.8, 4) is 0 Å². The molecule has 114 valence electrons. The average molecular weight is 280 g/mol. The second kappa shape index (κ2) is 6.22. The molecular weight excluding hydrogens is 252 g/mol. The summed E-state index contributed by atoms with van der Waals surface area (Å²) in [7, 11) is 0. The van der Waals surface area contributed by atoms with Crippen molar-refractivity contribution >= 4 is 0 Å². The number of rotatable bonds is 4. The fourth-order valence-electron chi connectivity index (χ4n) is 2.80. The summed E-state index contributed by atoms with van der Waals surface area (Å²) in [5.41, 5.74) is 0.291. The van der Waals surface area contributed by atoms with Gasteiger partial charge in [0.25, 0.3) is 0 Å². The summed E-state index contributed by atoms with van der Waals surface area (Å²) in [6.45, 7) is 14.2. The molecule has 5 heteroatoms. The third-order valence-electron chi connectivity index (χ3n) is 4.24. The van der Waals surface area contributed by atoms with Crippen LogP contribution in [0.15, 0.2) is 4.52 Å². The van der Waals surface area contributed by atoms with E-state index < -0.39 is 0 Å². The molecule has 0 spiro atoms. The molecular formula is C15H28N4O. The highest BCUT2D eigenvalue weighted by molar-refractivity contribution is 4.93. The van der Waals surface area contributed by atoms with E-state index in [-0.39, 0.29) is 0 Å². The average Bonchev–Trinajstić information content (AvgIpc) is 2.80. The molecule has 2 atom stereocenters. The molecule has 2 unspecified atom stereocenters. The van der Waals surface area contributed by atoms with Gasteiger partial charge in [-0.15, -0.1) is 0 Å². The van der Waals surface area contributed by atoms with Gasteiger partial charge in [0.05, 0.1) is 0 Å². The van der Waals surface area contributed by atoms with Crippen LogP contribution in [0.3, 0.4) is 0 Å². The van der Waals surface area contributed by atoms with Crippen molar-refractivity contribution in [2.45, 2.75) is 59.5 Å². The van der Waals surface area contributed by atoms with Gasteiger partial charge in [0.2, 0.25) is 5.89 Å². The molecule has 20 heavy (non-hydrogen) atoms. The molecule has 0 amide bonds. The molecule has 0 bridgehead atoms. The van der Waals surface area contributed by atoms with E-state index in [1.54, 1.807) is 0 Å². The Bertz CT molecular complexity index is 424. The van der Waals surface area contributed by atoms with Gasteiger partial charge < -0.3 is 9.84 Å². The van der Waals surface area contributed by atoms with Gasteiger partial charge in [-0.2, -0.15) is 4.98 Å². The quantitative estimate of drug-likeness (QED) is 0.914. The summed E-state index contributed by atoms with van der Waals surface area (Å²) in [5.74, 6) is 1.48. The lowest BCUT2D eigenvalue weighted by Crippen LogP contribution is -2.60. The molecule has 5 nitrogen and oxygen atoms in total. The molecule has 0 aliphatic carbocycles. The molecule has 0 aromatic carbocycles. The van der Waals surface area contributed by atoms with Crippen molar-refractivity contribution in [3.05, 3.63) is 11.7 Å². The van der Waals surface area contributed by atoms with E-state index in [2.05, 4.69) is 48.1 Å². The van der Waals surface area contributed by atoms with Gasteiger partial charge in [-0.3, -0.25) is 4.90 Å². The van der Waals surface area contributed by atoms with Gasteiger partial charge in [0.1, 0.15) is 0 Å². The van der Waals surface area contributed by atoms with Crippen LogP contribution in [0, 0.1) is 12.3 Å². The van der Waals surface area contributed by atoms with Crippen LogP contribution < -0.4 is 5.32 Å². The zero-order valence-corrected chi connectivity index (χ0v) is 13.4. The fourth-order valence-corrected chi connectivity index (χ4v) is 2.80. The molecule has 1 N–H and O–H groups in total. The van der Waals surface area contributed by atoms with Crippen molar-refractivity contribution in [1.29, 1.82) is 0 Å². The number of hydrogen-bond acceptors (Lipinski definition) is 5. The fraction of sp³-hybridized carbons (Fsp3) is 0.867. The summed E-state index contributed by atoms with van der Waals surface area (Å²) < 4.78 is 5.04. The predicted molar refractivity (Wildman–Crippen MR) is 79.6 cm³/mol. The van der Waals surface area contributed by atoms with Crippen molar-refractivity contribution in [2.75, 3.05) is 19.6 Å². The van der Waals surface area contributed by atoms with Gasteiger partial charge in [-0.1, -0.05) is 32.9 Å². The van der Waals surface area contributed by atoms with E-state index in [9.17, 15) is 0 Å². The normalized spacial score (nSPS) is 25.1. The Morgan fingerprint density at radius 3 is 2.70 bits per heavy atom. The summed E-state index contributed by atoms with van der Waals surface area (Å²) >= 11 is 0. The minimum absolute atomic E-state index is 0.291. The van der Waals surface area contributed by atoms with Gasteiger partial charge in [-0.05, 0) is 11.8 Å². The van der Waals surface area contributed by atoms with Crippen LogP contribution in [0.25, 0.3) is 0 Å². The third kappa shape index (κ3) is 3.79. The molecule has 1 saturated heterocycles. The zero-order chi connectivity index (χ0) is 14.8. The summed E-state index contributed by atoms with van der Waals surface area (Å²) in [6, 6.07) is 1.15. The largest absolute Gasteiger partial charge is 0.340 e. The number of aryl methyl sites for hydroxylation is 1. The van der Waals surface area contributed by atoms with Crippen LogP contribution in [0.5, 0.6) is 0 Å². The maximum absolute atomic E-state index is 5.04. The first kappa shape index (κ1) is 15.4.